The van der Waals surface area contributed by atoms with E-state index in [0.29, 0.717) is 25.3 Å². The van der Waals surface area contributed by atoms with Crippen LogP contribution in [0.25, 0.3) is 0 Å². The number of nitrogens with zero attached hydrogens (tertiary/aromatic N) is 2. The third kappa shape index (κ3) is 3.05. The molecule has 1 aromatic heterocycles. The van der Waals surface area contributed by atoms with Crippen molar-refractivity contribution in [3.8, 4) is 0 Å². The van der Waals surface area contributed by atoms with Crippen LogP contribution in [0.1, 0.15) is 23.4 Å². The molecule has 18 heavy (non-hydrogen) atoms. The van der Waals surface area contributed by atoms with Crippen molar-refractivity contribution < 1.29 is 14.4 Å². The van der Waals surface area contributed by atoms with Crippen LogP contribution in [0.4, 0.5) is 0 Å². The normalized spacial score (nSPS) is 19.5. The van der Waals surface area contributed by atoms with E-state index in [9.17, 15) is 9.90 Å². The predicted octanol–water partition coefficient (Wildman–Crippen LogP) is 1.12. The first kappa shape index (κ1) is 13.4. The summed E-state index contributed by atoms with van der Waals surface area (Å²) in [5, 5.41) is 13.3. The molecule has 0 radical (unpaired) electrons. The van der Waals surface area contributed by atoms with Gasteiger partial charge in [-0.25, -0.2) is 0 Å². The second-order valence-corrected chi connectivity index (χ2v) is 5.56. The minimum Gasteiger partial charge on any atom is -0.391 e. The Bertz CT molecular complexity index is 413. The number of aromatic nitrogens is 1. The Morgan fingerprint density at radius 1 is 1.61 bits per heavy atom. The molecule has 1 aliphatic rings. The number of hydrogen-bond acceptors (Lipinski definition) is 5. The molecule has 1 aromatic rings. The Labute approximate surface area is 111 Å². The third-order valence-electron chi connectivity index (χ3n) is 3.17. The van der Waals surface area contributed by atoms with E-state index in [1.54, 1.807) is 16.7 Å². The van der Waals surface area contributed by atoms with E-state index in [0.717, 1.165) is 22.8 Å². The van der Waals surface area contributed by atoms with Gasteiger partial charge in [0.25, 0.3) is 0 Å². The largest absolute Gasteiger partial charge is 0.391 e. The summed E-state index contributed by atoms with van der Waals surface area (Å²) < 4.78 is 5.07. The van der Waals surface area contributed by atoms with Crippen molar-refractivity contribution in [3.63, 3.8) is 0 Å². The zero-order valence-electron chi connectivity index (χ0n) is 10.7. The molecule has 100 valence electrons. The van der Waals surface area contributed by atoms with Crippen LogP contribution in [0.5, 0.6) is 0 Å². The topological polar surface area (TPSA) is 66.6 Å². The second kappa shape index (κ2) is 5.75. The molecule has 0 bridgehead atoms. The molecule has 0 aliphatic carbocycles. The average molecular weight is 270 g/mol. The highest BCUT2D eigenvalue weighted by atomic mass is 32.2. The molecule has 0 spiro atoms. The van der Waals surface area contributed by atoms with Crippen molar-refractivity contribution in [1.82, 2.24) is 10.1 Å². The van der Waals surface area contributed by atoms with Crippen LogP contribution in [0.15, 0.2) is 4.52 Å². The van der Waals surface area contributed by atoms with Crippen LogP contribution < -0.4 is 0 Å². The first-order valence-corrected chi connectivity index (χ1v) is 7.18. The van der Waals surface area contributed by atoms with E-state index in [1.165, 1.54) is 0 Å². The van der Waals surface area contributed by atoms with Gasteiger partial charge < -0.3 is 14.5 Å². The molecule has 2 rings (SSSR count). The van der Waals surface area contributed by atoms with Gasteiger partial charge in [0.1, 0.15) is 5.76 Å². The minimum atomic E-state index is -0.346. The average Bonchev–Trinajstić information content (AvgIpc) is 2.89. The zero-order chi connectivity index (χ0) is 13.1. The van der Waals surface area contributed by atoms with Crippen LogP contribution in [-0.4, -0.2) is 46.0 Å². The second-order valence-electron chi connectivity index (χ2n) is 4.58. The molecule has 1 saturated heterocycles. The lowest BCUT2D eigenvalue weighted by molar-refractivity contribution is -0.127. The fraction of sp³-hybridized carbons (Fsp3) is 0.667. The fourth-order valence-corrected chi connectivity index (χ4v) is 3.08. The summed E-state index contributed by atoms with van der Waals surface area (Å²) in [6, 6.07) is 0. The van der Waals surface area contributed by atoms with E-state index in [4.69, 9.17) is 4.52 Å². The number of thioether (sulfide) groups is 1. The van der Waals surface area contributed by atoms with E-state index >= 15 is 0 Å². The Morgan fingerprint density at radius 2 is 2.39 bits per heavy atom. The van der Waals surface area contributed by atoms with Gasteiger partial charge in [0.2, 0.25) is 5.91 Å². The van der Waals surface area contributed by atoms with E-state index in [-0.39, 0.29) is 12.0 Å². The number of aryl methyl sites for hydroxylation is 2. The number of carbonyl (C=O) groups is 1. The van der Waals surface area contributed by atoms with Gasteiger partial charge in [-0.2, -0.15) is 0 Å². The number of likely N-dealkylation sites (tertiary alicyclic amines) is 1. The minimum absolute atomic E-state index is 0.100. The first-order chi connectivity index (χ1) is 8.58. The van der Waals surface area contributed by atoms with Gasteiger partial charge in [-0.3, -0.25) is 4.79 Å². The number of amides is 1. The molecule has 2 heterocycles. The Balaban J connectivity index is 1.77. The number of hydrogen-bond donors (Lipinski definition) is 1. The van der Waals surface area contributed by atoms with Crippen molar-refractivity contribution in [2.45, 2.75) is 32.1 Å². The van der Waals surface area contributed by atoms with Gasteiger partial charge in [0.15, 0.2) is 0 Å². The molecule has 1 aliphatic heterocycles. The van der Waals surface area contributed by atoms with Crippen LogP contribution in [0, 0.1) is 13.8 Å². The highest BCUT2D eigenvalue weighted by molar-refractivity contribution is 7.99. The highest BCUT2D eigenvalue weighted by Gasteiger charge is 2.24. The van der Waals surface area contributed by atoms with Gasteiger partial charge in [0.05, 0.1) is 17.6 Å². The summed E-state index contributed by atoms with van der Waals surface area (Å²) in [5.41, 5.74) is 1.97. The molecule has 1 atom stereocenters. The standard InChI is InChI=1S/C12H18N2O3S/c1-8-11(9(2)17-13-8)6-18-7-12(16)14-4-3-10(15)5-14/h10,15H,3-7H2,1-2H3. The summed E-state index contributed by atoms with van der Waals surface area (Å²) in [4.78, 5) is 13.6. The van der Waals surface area contributed by atoms with Gasteiger partial charge in [0, 0.05) is 24.4 Å². The van der Waals surface area contributed by atoms with Gasteiger partial charge in [-0.1, -0.05) is 5.16 Å². The Morgan fingerprint density at radius 3 is 2.94 bits per heavy atom. The van der Waals surface area contributed by atoms with Crippen molar-refractivity contribution in [2.75, 3.05) is 18.8 Å². The molecule has 5 nitrogen and oxygen atoms in total. The maximum atomic E-state index is 11.8. The SMILES string of the molecule is Cc1noc(C)c1CSCC(=O)N1CCC(O)C1. The molecular formula is C12H18N2O3S. The number of rotatable bonds is 4. The highest BCUT2D eigenvalue weighted by Crippen LogP contribution is 2.20. The Hall–Kier alpha value is -1.01. The molecule has 1 N–H and O–H groups in total. The number of carbonyl (C=O) groups excluding carboxylic acids is 1. The van der Waals surface area contributed by atoms with Crippen LogP contribution in [0.2, 0.25) is 0 Å². The molecule has 0 aromatic carbocycles. The number of aliphatic hydroxyl groups excluding tert-OH is 1. The molecule has 1 fully saturated rings. The maximum Gasteiger partial charge on any atom is 0.232 e. The first-order valence-electron chi connectivity index (χ1n) is 6.03. The van der Waals surface area contributed by atoms with Crippen molar-refractivity contribution >= 4 is 17.7 Å². The number of β-amino-alcohol motifs (C(OH)–C–C–N with tert-alkyl or cyclic N) is 1. The van der Waals surface area contributed by atoms with Crippen LogP contribution in [0.3, 0.4) is 0 Å². The summed E-state index contributed by atoms with van der Waals surface area (Å²) in [6.45, 7) is 4.94. The van der Waals surface area contributed by atoms with E-state index in [2.05, 4.69) is 5.16 Å². The van der Waals surface area contributed by atoms with Crippen LogP contribution in [-0.2, 0) is 10.5 Å². The van der Waals surface area contributed by atoms with Crippen molar-refractivity contribution in [1.29, 1.82) is 0 Å². The summed E-state index contributed by atoms with van der Waals surface area (Å²) in [6.07, 6.45) is 0.349. The third-order valence-corrected chi connectivity index (χ3v) is 4.11. The van der Waals surface area contributed by atoms with Gasteiger partial charge in [-0.05, 0) is 20.3 Å². The lowest BCUT2D eigenvalue weighted by atomic mass is 10.2. The van der Waals surface area contributed by atoms with E-state index < -0.39 is 0 Å². The zero-order valence-corrected chi connectivity index (χ0v) is 11.5. The molecule has 0 saturated carbocycles. The summed E-state index contributed by atoms with van der Waals surface area (Å²) >= 11 is 1.56. The van der Waals surface area contributed by atoms with Crippen LogP contribution >= 0.6 is 11.8 Å². The molecule has 6 heteroatoms. The smallest absolute Gasteiger partial charge is 0.232 e. The maximum absolute atomic E-state index is 11.8. The lowest BCUT2D eigenvalue weighted by Crippen LogP contribution is -2.31. The predicted molar refractivity (Wildman–Crippen MR) is 69.3 cm³/mol. The fourth-order valence-electron chi connectivity index (χ4n) is 2.01. The summed E-state index contributed by atoms with van der Waals surface area (Å²) in [5.74, 6) is 2.10. The van der Waals surface area contributed by atoms with Gasteiger partial charge >= 0.3 is 0 Å². The van der Waals surface area contributed by atoms with E-state index in [1.807, 2.05) is 13.8 Å². The molecule has 1 unspecified atom stereocenters. The molecular weight excluding hydrogens is 252 g/mol. The molecule has 1 amide bonds. The van der Waals surface area contributed by atoms with Gasteiger partial charge in [-0.15, -0.1) is 11.8 Å². The van der Waals surface area contributed by atoms with Crippen molar-refractivity contribution in [2.24, 2.45) is 0 Å². The summed E-state index contributed by atoms with van der Waals surface area (Å²) in [7, 11) is 0. The number of aliphatic hydroxyl groups is 1. The lowest BCUT2D eigenvalue weighted by Gasteiger charge is -2.14. The quantitative estimate of drug-likeness (QED) is 0.888. The monoisotopic (exact) mass is 270 g/mol. The Kier molecular flexibility index (Phi) is 4.29. The van der Waals surface area contributed by atoms with Crippen molar-refractivity contribution in [3.05, 3.63) is 17.0 Å².